The van der Waals surface area contributed by atoms with E-state index in [-0.39, 0.29) is 26.2 Å². The highest BCUT2D eigenvalue weighted by atomic mass is 31.2. The summed E-state index contributed by atoms with van der Waals surface area (Å²) in [6, 6.07) is 0. The number of hydrogen-bond donors (Lipinski definition) is 2. The second-order valence-corrected chi connectivity index (χ2v) is 9.75. The van der Waals surface area contributed by atoms with E-state index in [9.17, 15) is 19.0 Å². The Morgan fingerprint density at radius 1 is 0.848 bits per heavy atom. The second kappa shape index (κ2) is 21.5. The van der Waals surface area contributed by atoms with Crippen molar-refractivity contribution in [2.45, 2.75) is 110 Å². The first-order valence-electron chi connectivity index (χ1n) is 12.5. The van der Waals surface area contributed by atoms with Crippen LogP contribution in [-0.2, 0) is 32.7 Å². The van der Waals surface area contributed by atoms with Gasteiger partial charge in [-0.05, 0) is 6.42 Å². The Balaban J connectivity index is 3.81. The number of rotatable bonds is 23. The third-order valence-electron chi connectivity index (χ3n) is 5.04. The SMILES string of the molecule is CCCCCCCCCCCCCCCC(=O)OC[C@H](COP(=O)(O)OCCN)OC(C)=O. The molecule has 9 nitrogen and oxygen atoms in total. The molecule has 0 radical (unpaired) electrons. The van der Waals surface area contributed by atoms with E-state index in [4.69, 9.17) is 19.7 Å². The average Bonchev–Trinajstić information content (AvgIpc) is 2.77. The number of carbonyl (C=O) groups excluding carboxylic acids is 2. The molecule has 0 aromatic rings. The Morgan fingerprint density at radius 3 is 1.85 bits per heavy atom. The Hall–Kier alpha value is -0.990. The number of carbonyl (C=O) groups is 2. The van der Waals surface area contributed by atoms with Gasteiger partial charge in [0.2, 0.25) is 0 Å². The molecule has 0 amide bonds. The smallest absolute Gasteiger partial charge is 0.462 e. The Kier molecular flexibility index (Phi) is 20.9. The highest BCUT2D eigenvalue weighted by Gasteiger charge is 2.25. The lowest BCUT2D eigenvalue weighted by atomic mass is 10.0. The van der Waals surface area contributed by atoms with Gasteiger partial charge in [0, 0.05) is 19.9 Å². The van der Waals surface area contributed by atoms with Crippen LogP contribution in [0.3, 0.4) is 0 Å². The molecule has 0 rings (SSSR count). The van der Waals surface area contributed by atoms with Gasteiger partial charge in [0.1, 0.15) is 6.61 Å². The largest absolute Gasteiger partial charge is 0.472 e. The van der Waals surface area contributed by atoms with Gasteiger partial charge in [-0.2, -0.15) is 0 Å². The van der Waals surface area contributed by atoms with E-state index >= 15 is 0 Å². The maximum atomic E-state index is 11.9. The van der Waals surface area contributed by atoms with E-state index in [1.807, 2.05) is 0 Å². The van der Waals surface area contributed by atoms with E-state index in [1.54, 1.807) is 0 Å². The standard InChI is InChI=1S/C23H46NO8P/c1-3-4-5-6-7-8-9-10-11-12-13-14-15-16-23(26)29-19-22(32-21(2)25)20-31-33(27,28)30-18-17-24/h22H,3-20,24H2,1-2H3,(H,27,28)/t22-/m1/s1. The van der Waals surface area contributed by atoms with Crippen LogP contribution in [0.1, 0.15) is 104 Å². The minimum Gasteiger partial charge on any atom is -0.462 e. The van der Waals surface area contributed by atoms with Gasteiger partial charge < -0.3 is 20.1 Å². The van der Waals surface area contributed by atoms with Crippen LogP contribution in [0.2, 0.25) is 0 Å². The summed E-state index contributed by atoms with van der Waals surface area (Å²) in [5, 5.41) is 0. The number of phosphoric acid groups is 1. The van der Waals surface area contributed by atoms with Gasteiger partial charge in [-0.1, -0.05) is 84.0 Å². The highest BCUT2D eigenvalue weighted by molar-refractivity contribution is 7.47. The molecule has 196 valence electrons. The lowest BCUT2D eigenvalue weighted by Gasteiger charge is -2.19. The molecule has 0 bridgehead atoms. The minimum absolute atomic E-state index is 0.0537. The molecule has 0 aliphatic rings. The zero-order chi connectivity index (χ0) is 24.8. The van der Waals surface area contributed by atoms with Crippen LogP contribution in [0.5, 0.6) is 0 Å². The molecule has 0 aliphatic carbocycles. The summed E-state index contributed by atoms with van der Waals surface area (Å²) < 4.78 is 31.1. The van der Waals surface area contributed by atoms with Gasteiger partial charge in [-0.15, -0.1) is 0 Å². The Labute approximate surface area is 199 Å². The summed E-state index contributed by atoms with van der Waals surface area (Å²) >= 11 is 0. The van der Waals surface area contributed by atoms with Crippen molar-refractivity contribution < 1.29 is 37.6 Å². The van der Waals surface area contributed by atoms with Crippen molar-refractivity contribution in [2.75, 3.05) is 26.4 Å². The van der Waals surface area contributed by atoms with Gasteiger partial charge in [0.05, 0.1) is 13.2 Å². The van der Waals surface area contributed by atoms with Crippen molar-refractivity contribution in [3.05, 3.63) is 0 Å². The summed E-state index contributed by atoms with van der Waals surface area (Å²) in [6.45, 7) is 2.63. The maximum Gasteiger partial charge on any atom is 0.472 e. The Bertz CT molecular complexity index is 547. The first kappa shape index (κ1) is 32.0. The first-order valence-corrected chi connectivity index (χ1v) is 13.9. The fourth-order valence-corrected chi connectivity index (χ4v) is 4.04. The maximum absolute atomic E-state index is 11.9. The monoisotopic (exact) mass is 495 g/mol. The summed E-state index contributed by atoms with van der Waals surface area (Å²) in [4.78, 5) is 32.6. The van der Waals surface area contributed by atoms with Gasteiger partial charge in [0.15, 0.2) is 6.10 Å². The molecule has 0 aromatic heterocycles. The molecule has 1 unspecified atom stereocenters. The van der Waals surface area contributed by atoms with Crippen molar-refractivity contribution in [1.29, 1.82) is 0 Å². The van der Waals surface area contributed by atoms with Crippen molar-refractivity contribution in [1.82, 2.24) is 0 Å². The van der Waals surface area contributed by atoms with Crippen LogP contribution in [-0.4, -0.2) is 49.3 Å². The number of ether oxygens (including phenoxy) is 2. The fourth-order valence-electron chi connectivity index (χ4n) is 3.28. The quantitative estimate of drug-likeness (QED) is 0.114. The number of esters is 2. The van der Waals surface area contributed by atoms with Crippen molar-refractivity contribution in [2.24, 2.45) is 5.73 Å². The molecule has 0 aromatic carbocycles. The molecule has 0 saturated heterocycles. The van der Waals surface area contributed by atoms with Crippen LogP contribution >= 0.6 is 7.82 Å². The van der Waals surface area contributed by atoms with Gasteiger partial charge in [0.25, 0.3) is 0 Å². The summed E-state index contributed by atoms with van der Waals surface area (Å²) in [6.07, 6.45) is 15.2. The lowest BCUT2D eigenvalue weighted by molar-refractivity contribution is -0.159. The molecule has 33 heavy (non-hydrogen) atoms. The summed E-state index contributed by atoms with van der Waals surface area (Å²) in [7, 11) is -4.31. The third-order valence-corrected chi connectivity index (χ3v) is 6.03. The zero-order valence-electron chi connectivity index (χ0n) is 20.6. The minimum atomic E-state index is -4.31. The topological polar surface area (TPSA) is 134 Å². The van der Waals surface area contributed by atoms with Gasteiger partial charge in [-0.25, -0.2) is 4.57 Å². The van der Waals surface area contributed by atoms with Crippen molar-refractivity contribution in [3.63, 3.8) is 0 Å². The fraction of sp³-hybridized carbons (Fsp3) is 0.913. The predicted molar refractivity (Wildman–Crippen MR) is 128 cm³/mol. The van der Waals surface area contributed by atoms with Gasteiger partial charge in [-0.3, -0.25) is 18.6 Å². The molecule has 0 fully saturated rings. The molecular formula is C23H46NO8P. The van der Waals surface area contributed by atoms with Crippen LogP contribution in [0.25, 0.3) is 0 Å². The van der Waals surface area contributed by atoms with E-state index in [2.05, 4.69) is 11.4 Å². The van der Waals surface area contributed by atoms with Crippen molar-refractivity contribution >= 4 is 19.8 Å². The number of nitrogens with two attached hydrogens (primary N) is 1. The van der Waals surface area contributed by atoms with E-state index in [1.165, 1.54) is 71.1 Å². The summed E-state index contributed by atoms with van der Waals surface area (Å²) in [5.74, 6) is -1.02. The molecule has 0 spiro atoms. The Morgan fingerprint density at radius 2 is 1.36 bits per heavy atom. The number of phosphoric ester groups is 1. The normalized spacial score (nSPS) is 13.9. The van der Waals surface area contributed by atoms with Crippen LogP contribution in [0.4, 0.5) is 0 Å². The van der Waals surface area contributed by atoms with E-state index in [0.717, 1.165) is 19.3 Å². The van der Waals surface area contributed by atoms with E-state index in [0.29, 0.717) is 0 Å². The average molecular weight is 496 g/mol. The molecule has 2 atom stereocenters. The van der Waals surface area contributed by atoms with Crippen LogP contribution in [0, 0.1) is 0 Å². The van der Waals surface area contributed by atoms with Crippen LogP contribution < -0.4 is 5.73 Å². The molecular weight excluding hydrogens is 449 g/mol. The first-order chi connectivity index (χ1) is 15.8. The van der Waals surface area contributed by atoms with Crippen molar-refractivity contribution in [3.8, 4) is 0 Å². The third kappa shape index (κ3) is 22.6. The predicted octanol–water partition coefficient (Wildman–Crippen LogP) is 5.03. The lowest BCUT2D eigenvalue weighted by Crippen LogP contribution is -2.28. The molecule has 0 aliphatic heterocycles. The zero-order valence-corrected chi connectivity index (χ0v) is 21.5. The molecule has 10 heteroatoms. The number of unbranched alkanes of at least 4 members (excludes halogenated alkanes) is 12. The van der Waals surface area contributed by atoms with E-state index < -0.39 is 32.5 Å². The van der Waals surface area contributed by atoms with Crippen LogP contribution in [0.15, 0.2) is 0 Å². The molecule has 0 heterocycles. The highest BCUT2D eigenvalue weighted by Crippen LogP contribution is 2.43. The molecule has 0 saturated carbocycles. The second-order valence-electron chi connectivity index (χ2n) is 8.29. The number of hydrogen-bond acceptors (Lipinski definition) is 8. The van der Waals surface area contributed by atoms with Gasteiger partial charge >= 0.3 is 19.8 Å². The molecule has 3 N–H and O–H groups in total. The summed E-state index contributed by atoms with van der Waals surface area (Å²) in [5.41, 5.74) is 5.21.